The van der Waals surface area contributed by atoms with Crippen molar-refractivity contribution < 1.29 is 9.53 Å². The molecule has 3 aliphatic heterocycles. The zero-order chi connectivity index (χ0) is 17.9. The first-order chi connectivity index (χ1) is 12.7. The van der Waals surface area contributed by atoms with Gasteiger partial charge in [-0.3, -0.25) is 14.6 Å². The Labute approximate surface area is 156 Å². The van der Waals surface area contributed by atoms with Crippen molar-refractivity contribution in [1.82, 2.24) is 14.7 Å². The van der Waals surface area contributed by atoms with Gasteiger partial charge in [0.25, 0.3) is 5.91 Å². The van der Waals surface area contributed by atoms with E-state index in [1.54, 1.807) is 0 Å². The Morgan fingerprint density at radius 1 is 1.15 bits per heavy atom. The third-order valence-electron chi connectivity index (χ3n) is 6.15. The minimum absolute atomic E-state index is 0.197. The molecule has 0 aromatic heterocycles. The van der Waals surface area contributed by atoms with E-state index in [0.29, 0.717) is 12.1 Å². The molecule has 3 saturated heterocycles. The summed E-state index contributed by atoms with van der Waals surface area (Å²) in [5, 5.41) is 0. The molecule has 142 valence electrons. The molecule has 0 unspecified atom stereocenters. The van der Waals surface area contributed by atoms with Crippen LogP contribution in [0, 0.1) is 0 Å². The molecule has 0 bridgehead atoms. The predicted octanol–water partition coefficient (Wildman–Crippen LogP) is 2.22. The Balaban J connectivity index is 1.41. The molecular formula is C21H31N3O2. The molecule has 26 heavy (non-hydrogen) atoms. The van der Waals surface area contributed by atoms with Crippen molar-refractivity contribution in [2.24, 2.45) is 0 Å². The second-order valence-electron chi connectivity index (χ2n) is 8.03. The van der Waals surface area contributed by atoms with Gasteiger partial charge in [-0.2, -0.15) is 0 Å². The molecule has 0 aliphatic carbocycles. The molecule has 2 atom stereocenters. The van der Waals surface area contributed by atoms with Crippen molar-refractivity contribution >= 4 is 5.91 Å². The molecule has 0 spiro atoms. The Kier molecular flexibility index (Phi) is 5.57. The molecule has 1 aromatic carbocycles. The summed E-state index contributed by atoms with van der Waals surface area (Å²) in [7, 11) is 0. The molecule has 5 nitrogen and oxygen atoms in total. The van der Waals surface area contributed by atoms with Gasteiger partial charge in [-0.05, 0) is 57.0 Å². The van der Waals surface area contributed by atoms with E-state index >= 15 is 0 Å². The van der Waals surface area contributed by atoms with E-state index in [0.717, 1.165) is 51.4 Å². The van der Waals surface area contributed by atoms with Crippen LogP contribution in [0.5, 0.6) is 0 Å². The van der Waals surface area contributed by atoms with Crippen molar-refractivity contribution in [3.05, 3.63) is 35.4 Å². The van der Waals surface area contributed by atoms with Crippen LogP contribution in [0.25, 0.3) is 0 Å². The molecule has 3 aliphatic rings. The lowest BCUT2D eigenvalue weighted by atomic mass is 10.1. The first-order valence-corrected chi connectivity index (χ1v) is 10.1. The third-order valence-corrected chi connectivity index (χ3v) is 6.15. The lowest BCUT2D eigenvalue weighted by molar-refractivity contribution is 0.0341. The SMILES string of the molecule is C[C@H]1C[C@H](N2CCCC2)CN1C(=O)c1cccc(CN2CCOCC2)c1. The number of likely N-dealkylation sites (tertiary alicyclic amines) is 2. The van der Waals surface area contributed by atoms with Gasteiger partial charge in [-0.1, -0.05) is 12.1 Å². The van der Waals surface area contributed by atoms with Crippen LogP contribution in [0.2, 0.25) is 0 Å². The van der Waals surface area contributed by atoms with Gasteiger partial charge >= 0.3 is 0 Å². The molecule has 1 amide bonds. The summed E-state index contributed by atoms with van der Waals surface area (Å²) in [6.07, 6.45) is 3.73. The molecule has 3 heterocycles. The van der Waals surface area contributed by atoms with Gasteiger partial charge in [-0.25, -0.2) is 0 Å². The largest absolute Gasteiger partial charge is 0.379 e. The van der Waals surface area contributed by atoms with Gasteiger partial charge in [-0.15, -0.1) is 0 Å². The fourth-order valence-corrected chi connectivity index (χ4v) is 4.64. The number of rotatable bonds is 4. The number of carbonyl (C=O) groups excluding carboxylic acids is 1. The van der Waals surface area contributed by atoms with Crippen molar-refractivity contribution in [3.63, 3.8) is 0 Å². The van der Waals surface area contributed by atoms with Crippen molar-refractivity contribution in [2.75, 3.05) is 45.9 Å². The molecule has 0 N–H and O–H groups in total. The van der Waals surface area contributed by atoms with Gasteiger partial charge in [0, 0.05) is 43.8 Å². The van der Waals surface area contributed by atoms with E-state index in [1.165, 1.54) is 31.5 Å². The van der Waals surface area contributed by atoms with Crippen LogP contribution in [0.1, 0.15) is 42.1 Å². The number of nitrogens with zero attached hydrogens (tertiary/aromatic N) is 3. The maximum absolute atomic E-state index is 13.1. The van der Waals surface area contributed by atoms with Gasteiger partial charge in [0.15, 0.2) is 0 Å². The zero-order valence-electron chi connectivity index (χ0n) is 15.9. The van der Waals surface area contributed by atoms with E-state index in [9.17, 15) is 4.79 Å². The fourth-order valence-electron chi connectivity index (χ4n) is 4.64. The minimum atomic E-state index is 0.197. The number of hydrogen-bond donors (Lipinski definition) is 0. The van der Waals surface area contributed by atoms with Crippen LogP contribution >= 0.6 is 0 Å². The van der Waals surface area contributed by atoms with Crippen LogP contribution in [-0.2, 0) is 11.3 Å². The Morgan fingerprint density at radius 2 is 1.92 bits per heavy atom. The number of benzene rings is 1. The average molecular weight is 357 g/mol. The first kappa shape index (κ1) is 18.0. The van der Waals surface area contributed by atoms with Gasteiger partial charge < -0.3 is 9.64 Å². The molecular weight excluding hydrogens is 326 g/mol. The number of amides is 1. The first-order valence-electron chi connectivity index (χ1n) is 10.1. The highest BCUT2D eigenvalue weighted by molar-refractivity contribution is 5.94. The second kappa shape index (κ2) is 8.07. The minimum Gasteiger partial charge on any atom is -0.379 e. The van der Waals surface area contributed by atoms with Gasteiger partial charge in [0.2, 0.25) is 0 Å². The quantitative estimate of drug-likeness (QED) is 0.828. The fraction of sp³-hybridized carbons (Fsp3) is 0.667. The molecule has 1 aromatic rings. The van der Waals surface area contributed by atoms with Gasteiger partial charge in [0.1, 0.15) is 0 Å². The summed E-state index contributed by atoms with van der Waals surface area (Å²) in [4.78, 5) is 20.2. The number of morpholine rings is 1. The summed E-state index contributed by atoms with van der Waals surface area (Å²) < 4.78 is 5.42. The molecule has 0 radical (unpaired) electrons. The third kappa shape index (κ3) is 3.95. The average Bonchev–Trinajstić information content (AvgIpc) is 3.32. The number of hydrogen-bond acceptors (Lipinski definition) is 4. The number of ether oxygens (including phenoxy) is 1. The monoisotopic (exact) mass is 357 g/mol. The highest BCUT2D eigenvalue weighted by Crippen LogP contribution is 2.26. The summed E-state index contributed by atoms with van der Waals surface area (Å²) >= 11 is 0. The summed E-state index contributed by atoms with van der Waals surface area (Å²) in [6.45, 7) is 9.94. The highest BCUT2D eigenvalue weighted by atomic mass is 16.5. The standard InChI is InChI=1S/C21H31N3O2/c1-17-13-20(23-7-2-3-8-23)16-24(17)21(25)19-6-4-5-18(14-19)15-22-9-11-26-12-10-22/h4-6,14,17,20H,2-3,7-13,15-16H2,1H3/t17-,20-/m0/s1. The predicted molar refractivity (Wildman–Crippen MR) is 102 cm³/mol. The lowest BCUT2D eigenvalue weighted by Gasteiger charge is -2.27. The molecule has 4 rings (SSSR count). The van der Waals surface area contributed by atoms with Crippen LogP contribution in [-0.4, -0.2) is 78.6 Å². The molecule has 3 fully saturated rings. The summed E-state index contributed by atoms with van der Waals surface area (Å²) in [5.41, 5.74) is 2.06. The molecule has 0 saturated carbocycles. The van der Waals surface area contributed by atoms with E-state index in [1.807, 2.05) is 12.1 Å². The van der Waals surface area contributed by atoms with E-state index < -0.39 is 0 Å². The van der Waals surface area contributed by atoms with E-state index in [2.05, 4.69) is 33.8 Å². The zero-order valence-corrected chi connectivity index (χ0v) is 15.9. The topological polar surface area (TPSA) is 36.0 Å². The van der Waals surface area contributed by atoms with Crippen LogP contribution in [0.15, 0.2) is 24.3 Å². The van der Waals surface area contributed by atoms with Gasteiger partial charge in [0.05, 0.1) is 13.2 Å². The maximum atomic E-state index is 13.1. The van der Waals surface area contributed by atoms with Crippen LogP contribution in [0.3, 0.4) is 0 Å². The van der Waals surface area contributed by atoms with Crippen molar-refractivity contribution in [3.8, 4) is 0 Å². The lowest BCUT2D eigenvalue weighted by Crippen LogP contribution is -2.38. The van der Waals surface area contributed by atoms with Crippen LogP contribution < -0.4 is 0 Å². The van der Waals surface area contributed by atoms with Crippen molar-refractivity contribution in [2.45, 2.75) is 44.8 Å². The maximum Gasteiger partial charge on any atom is 0.254 e. The highest BCUT2D eigenvalue weighted by Gasteiger charge is 2.36. The van der Waals surface area contributed by atoms with E-state index in [4.69, 9.17) is 4.74 Å². The molecule has 5 heteroatoms. The van der Waals surface area contributed by atoms with Crippen molar-refractivity contribution in [1.29, 1.82) is 0 Å². The van der Waals surface area contributed by atoms with Crippen LogP contribution in [0.4, 0.5) is 0 Å². The van der Waals surface area contributed by atoms with E-state index in [-0.39, 0.29) is 5.91 Å². The smallest absolute Gasteiger partial charge is 0.254 e. The summed E-state index contributed by atoms with van der Waals surface area (Å²) in [5.74, 6) is 0.197. The Morgan fingerprint density at radius 3 is 2.69 bits per heavy atom. The Bertz CT molecular complexity index is 623. The Hall–Kier alpha value is -1.43. The number of carbonyl (C=O) groups is 1. The summed E-state index contributed by atoms with van der Waals surface area (Å²) in [6, 6.07) is 9.10. The second-order valence-corrected chi connectivity index (χ2v) is 8.03. The normalized spacial score (nSPS) is 28.0.